The third-order valence-corrected chi connectivity index (χ3v) is 3.74. The van der Waals surface area contributed by atoms with E-state index in [2.05, 4.69) is 24.5 Å². The zero-order chi connectivity index (χ0) is 17.5. The van der Waals surface area contributed by atoms with Crippen LogP contribution in [0.2, 0.25) is 0 Å². The second-order valence-electron chi connectivity index (χ2n) is 6.58. The van der Waals surface area contributed by atoms with E-state index in [0.717, 1.165) is 18.4 Å². The average molecular weight is 320 g/mol. The summed E-state index contributed by atoms with van der Waals surface area (Å²) in [4.78, 5) is 23.9. The number of anilines is 1. The number of benzene rings is 1. The topological polar surface area (TPSA) is 78.4 Å². The molecule has 1 rings (SSSR count). The van der Waals surface area contributed by atoms with Gasteiger partial charge in [-0.05, 0) is 43.7 Å². The van der Waals surface area contributed by atoms with Gasteiger partial charge in [0.1, 0.15) is 0 Å². The summed E-state index contributed by atoms with van der Waals surface area (Å²) in [6.07, 6.45) is 2.20. The van der Waals surface area contributed by atoms with Crippen LogP contribution in [0.15, 0.2) is 24.3 Å². The molecule has 1 aromatic rings. The molecule has 0 bridgehead atoms. The molecule has 1 aromatic carbocycles. The van der Waals surface area contributed by atoms with Crippen molar-refractivity contribution in [1.82, 2.24) is 5.32 Å². The lowest BCUT2D eigenvalue weighted by atomic mass is 9.95. The number of hydrogen-bond donors (Lipinski definition) is 3. The van der Waals surface area contributed by atoms with Crippen molar-refractivity contribution in [2.24, 2.45) is 5.92 Å². The molecule has 3 N–H and O–H groups in total. The van der Waals surface area contributed by atoms with Gasteiger partial charge in [-0.3, -0.25) is 9.59 Å². The molecule has 0 spiro atoms. The van der Waals surface area contributed by atoms with Crippen LogP contribution in [0, 0.1) is 5.92 Å². The van der Waals surface area contributed by atoms with E-state index in [9.17, 15) is 14.7 Å². The molecule has 128 valence electrons. The van der Waals surface area contributed by atoms with Crippen molar-refractivity contribution in [3.63, 3.8) is 0 Å². The predicted octanol–water partition coefficient (Wildman–Crippen LogP) is 2.49. The molecule has 0 aliphatic rings. The Balaban J connectivity index is 2.52. The van der Waals surface area contributed by atoms with Crippen LogP contribution in [0.25, 0.3) is 0 Å². The number of amides is 2. The summed E-state index contributed by atoms with van der Waals surface area (Å²) in [5, 5.41) is 15.3. The van der Waals surface area contributed by atoms with Crippen LogP contribution in [0.5, 0.6) is 0 Å². The summed E-state index contributed by atoms with van der Waals surface area (Å²) in [7, 11) is 0. The fourth-order valence-electron chi connectivity index (χ4n) is 2.17. The molecule has 2 amide bonds. The molecule has 0 saturated carbocycles. The first-order valence-electron chi connectivity index (χ1n) is 8.14. The van der Waals surface area contributed by atoms with E-state index in [4.69, 9.17) is 0 Å². The van der Waals surface area contributed by atoms with Crippen LogP contribution >= 0.6 is 0 Å². The molecule has 0 aromatic heterocycles. The first-order chi connectivity index (χ1) is 10.7. The first kappa shape index (κ1) is 19.2. The van der Waals surface area contributed by atoms with Crippen molar-refractivity contribution in [2.75, 3.05) is 11.9 Å². The summed E-state index contributed by atoms with van der Waals surface area (Å²) < 4.78 is 0. The minimum Gasteiger partial charge on any atom is -0.388 e. The number of hydrogen-bond acceptors (Lipinski definition) is 3. The van der Waals surface area contributed by atoms with Crippen molar-refractivity contribution >= 4 is 17.5 Å². The lowest BCUT2D eigenvalue weighted by Crippen LogP contribution is -2.44. The van der Waals surface area contributed by atoms with Crippen LogP contribution in [-0.4, -0.2) is 29.1 Å². The van der Waals surface area contributed by atoms with Crippen LogP contribution in [0.3, 0.4) is 0 Å². The Labute approximate surface area is 138 Å². The Kier molecular flexibility index (Phi) is 7.23. The third kappa shape index (κ3) is 6.82. The van der Waals surface area contributed by atoms with Gasteiger partial charge in [-0.15, -0.1) is 0 Å². The number of nitrogens with one attached hydrogen (secondary N) is 2. The van der Waals surface area contributed by atoms with Gasteiger partial charge in [0.2, 0.25) is 0 Å². The van der Waals surface area contributed by atoms with Gasteiger partial charge in [0.15, 0.2) is 0 Å². The number of aryl methyl sites for hydroxylation is 1. The first-order valence-corrected chi connectivity index (χ1v) is 8.14. The molecule has 1 atom stereocenters. The van der Waals surface area contributed by atoms with E-state index >= 15 is 0 Å². The summed E-state index contributed by atoms with van der Waals surface area (Å²) in [6, 6.07) is 7.37. The molecule has 23 heavy (non-hydrogen) atoms. The molecule has 0 saturated heterocycles. The van der Waals surface area contributed by atoms with Crippen molar-refractivity contribution in [3.05, 3.63) is 29.8 Å². The maximum atomic E-state index is 12.0. The maximum Gasteiger partial charge on any atom is 0.313 e. The third-order valence-electron chi connectivity index (χ3n) is 3.74. The lowest BCUT2D eigenvalue weighted by Gasteiger charge is -2.24. The van der Waals surface area contributed by atoms with Gasteiger partial charge in [-0.25, -0.2) is 0 Å². The van der Waals surface area contributed by atoms with Crippen LogP contribution in [0.4, 0.5) is 5.69 Å². The highest BCUT2D eigenvalue weighted by Crippen LogP contribution is 2.16. The van der Waals surface area contributed by atoms with E-state index in [1.807, 2.05) is 25.1 Å². The highest BCUT2D eigenvalue weighted by molar-refractivity contribution is 6.39. The highest BCUT2D eigenvalue weighted by atomic mass is 16.3. The summed E-state index contributed by atoms with van der Waals surface area (Å²) >= 11 is 0. The zero-order valence-corrected chi connectivity index (χ0v) is 14.5. The number of rotatable bonds is 7. The normalized spacial score (nSPS) is 13.5. The molecule has 0 aliphatic heterocycles. The summed E-state index contributed by atoms with van der Waals surface area (Å²) in [5.41, 5.74) is 0.598. The predicted molar refractivity (Wildman–Crippen MR) is 92.2 cm³/mol. The van der Waals surface area contributed by atoms with Crippen molar-refractivity contribution < 1.29 is 14.7 Å². The molecule has 0 heterocycles. The van der Waals surface area contributed by atoms with Gasteiger partial charge in [0, 0.05) is 12.2 Å². The molecule has 0 radical (unpaired) electrons. The van der Waals surface area contributed by atoms with Gasteiger partial charge in [0.05, 0.1) is 5.60 Å². The van der Waals surface area contributed by atoms with Crippen LogP contribution in [0.1, 0.15) is 46.1 Å². The Morgan fingerprint density at radius 3 is 2.48 bits per heavy atom. The molecule has 5 nitrogen and oxygen atoms in total. The molecule has 1 unspecified atom stereocenters. The maximum absolute atomic E-state index is 12.0. The average Bonchev–Trinajstić information content (AvgIpc) is 2.51. The fraction of sp³-hybridized carbons (Fsp3) is 0.556. The minimum absolute atomic E-state index is 0.0569. The Bertz CT molecular complexity index is 539. The number of carbonyl (C=O) groups excluding carboxylic acids is 2. The monoisotopic (exact) mass is 320 g/mol. The largest absolute Gasteiger partial charge is 0.388 e. The van der Waals surface area contributed by atoms with E-state index in [-0.39, 0.29) is 6.54 Å². The summed E-state index contributed by atoms with van der Waals surface area (Å²) in [5.74, 6) is -0.975. The quantitative estimate of drug-likeness (QED) is 0.675. The van der Waals surface area contributed by atoms with E-state index in [0.29, 0.717) is 18.0 Å². The zero-order valence-electron chi connectivity index (χ0n) is 14.5. The SMILES string of the molecule is CCc1ccccc1NC(=O)C(=O)NCC(C)(O)CCC(C)C. The van der Waals surface area contributed by atoms with Crippen LogP contribution in [-0.2, 0) is 16.0 Å². The van der Waals surface area contributed by atoms with Gasteiger partial charge < -0.3 is 15.7 Å². The van der Waals surface area contributed by atoms with Gasteiger partial charge in [0.25, 0.3) is 0 Å². The number of aliphatic hydroxyl groups is 1. The number of carbonyl (C=O) groups is 2. The fourth-order valence-corrected chi connectivity index (χ4v) is 2.17. The second kappa shape index (κ2) is 8.67. The standard InChI is InChI=1S/C18H28N2O3/c1-5-14-8-6-7-9-15(14)20-17(22)16(21)19-12-18(4,23)11-10-13(2)3/h6-9,13,23H,5,10-12H2,1-4H3,(H,19,21)(H,20,22). The van der Waals surface area contributed by atoms with Gasteiger partial charge in [-0.1, -0.05) is 39.0 Å². The lowest BCUT2D eigenvalue weighted by molar-refractivity contribution is -0.136. The van der Waals surface area contributed by atoms with E-state index < -0.39 is 17.4 Å². The molecule has 0 aliphatic carbocycles. The van der Waals surface area contributed by atoms with Crippen LogP contribution < -0.4 is 10.6 Å². The van der Waals surface area contributed by atoms with Gasteiger partial charge in [-0.2, -0.15) is 0 Å². The Morgan fingerprint density at radius 2 is 1.87 bits per heavy atom. The minimum atomic E-state index is -1.01. The second-order valence-corrected chi connectivity index (χ2v) is 6.58. The Hall–Kier alpha value is -1.88. The number of para-hydroxylation sites is 1. The van der Waals surface area contributed by atoms with Crippen molar-refractivity contribution in [3.8, 4) is 0 Å². The van der Waals surface area contributed by atoms with E-state index in [1.165, 1.54) is 0 Å². The molecule has 5 heteroatoms. The van der Waals surface area contributed by atoms with Gasteiger partial charge >= 0.3 is 11.8 Å². The smallest absolute Gasteiger partial charge is 0.313 e. The van der Waals surface area contributed by atoms with E-state index in [1.54, 1.807) is 13.0 Å². The molecular weight excluding hydrogens is 292 g/mol. The van der Waals surface area contributed by atoms with Crippen molar-refractivity contribution in [1.29, 1.82) is 0 Å². The Morgan fingerprint density at radius 1 is 1.22 bits per heavy atom. The highest BCUT2D eigenvalue weighted by Gasteiger charge is 2.23. The molecular formula is C18H28N2O3. The summed E-state index contributed by atoms with van der Waals surface area (Å²) in [6.45, 7) is 7.86. The van der Waals surface area contributed by atoms with Crippen molar-refractivity contribution in [2.45, 2.75) is 52.6 Å². The molecule has 0 fully saturated rings.